The first kappa shape index (κ1) is 14.3. The van der Waals surface area contributed by atoms with Gasteiger partial charge in [-0.25, -0.2) is 0 Å². The lowest BCUT2D eigenvalue weighted by Crippen LogP contribution is -2.38. The van der Waals surface area contributed by atoms with Crippen LogP contribution in [0.15, 0.2) is 0 Å². The molecule has 1 aliphatic rings. The van der Waals surface area contributed by atoms with E-state index in [4.69, 9.17) is 21.1 Å². The molecule has 0 aromatic carbocycles. The third kappa shape index (κ3) is 3.45. The SMILES string of the molecule is CCCOc1nc(Cl)nc(N(C)C2CCOC2C)n1. The predicted molar refractivity (Wildman–Crippen MR) is 72.8 cm³/mol. The summed E-state index contributed by atoms with van der Waals surface area (Å²) in [6.07, 6.45) is 1.99. The first-order valence-electron chi connectivity index (χ1n) is 6.50. The average molecular weight is 287 g/mol. The van der Waals surface area contributed by atoms with Crippen molar-refractivity contribution in [1.29, 1.82) is 0 Å². The topological polar surface area (TPSA) is 60.4 Å². The van der Waals surface area contributed by atoms with Gasteiger partial charge in [0.25, 0.3) is 0 Å². The first-order chi connectivity index (χ1) is 9.11. The molecule has 1 aromatic heterocycles. The van der Waals surface area contributed by atoms with Gasteiger partial charge in [0, 0.05) is 13.7 Å². The number of likely N-dealkylation sites (N-methyl/N-ethyl adjacent to an activating group) is 1. The van der Waals surface area contributed by atoms with Gasteiger partial charge in [-0.1, -0.05) is 6.92 Å². The normalized spacial score (nSPS) is 22.5. The van der Waals surface area contributed by atoms with E-state index in [1.807, 2.05) is 25.8 Å². The van der Waals surface area contributed by atoms with Crippen LogP contribution in [0.5, 0.6) is 6.01 Å². The summed E-state index contributed by atoms with van der Waals surface area (Å²) in [5, 5.41) is 0.148. The molecular formula is C12H19ClN4O2. The van der Waals surface area contributed by atoms with Crippen LogP contribution in [0, 0.1) is 0 Å². The summed E-state index contributed by atoms with van der Waals surface area (Å²) in [6, 6.07) is 0.521. The van der Waals surface area contributed by atoms with Crippen LogP contribution in [0.1, 0.15) is 26.7 Å². The number of ether oxygens (including phenoxy) is 2. The summed E-state index contributed by atoms with van der Waals surface area (Å²) in [5.74, 6) is 0.522. The van der Waals surface area contributed by atoms with Crippen molar-refractivity contribution in [3.05, 3.63) is 5.28 Å². The van der Waals surface area contributed by atoms with Gasteiger partial charge in [0.05, 0.1) is 18.8 Å². The molecule has 2 rings (SSSR count). The Morgan fingerprint density at radius 1 is 1.42 bits per heavy atom. The van der Waals surface area contributed by atoms with Gasteiger partial charge in [-0.15, -0.1) is 0 Å². The van der Waals surface area contributed by atoms with Gasteiger partial charge in [-0.05, 0) is 31.4 Å². The van der Waals surface area contributed by atoms with Crippen LogP contribution in [0.4, 0.5) is 5.95 Å². The third-order valence-electron chi connectivity index (χ3n) is 3.16. The number of rotatable bonds is 5. The lowest BCUT2D eigenvalue weighted by atomic mass is 10.1. The number of hydrogen-bond acceptors (Lipinski definition) is 6. The molecule has 0 radical (unpaired) electrons. The van der Waals surface area contributed by atoms with Gasteiger partial charge in [0.2, 0.25) is 11.2 Å². The molecule has 1 fully saturated rings. The summed E-state index contributed by atoms with van der Waals surface area (Å²) in [5.41, 5.74) is 0. The fraction of sp³-hybridized carbons (Fsp3) is 0.750. The van der Waals surface area contributed by atoms with Crippen molar-refractivity contribution in [3.63, 3.8) is 0 Å². The second-order valence-corrected chi connectivity index (χ2v) is 4.92. The van der Waals surface area contributed by atoms with Crippen LogP contribution in [0.2, 0.25) is 5.28 Å². The number of nitrogens with zero attached hydrogens (tertiary/aromatic N) is 4. The van der Waals surface area contributed by atoms with Gasteiger partial charge < -0.3 is 14.4 Å². The third-order valence-corrected chi connectivity index (χ3v) is 3.33. The summed E-state index contributed by atoms with van der Waals surface area (Å²) in [4.78, 5) is 14.4. The van der Waals surface area contributed by atoms with Crippen LogP contribution >= 0.6 is 11.6 Å². The Kier molecular flexibility index (Phi) is 4.76. The molecule has 0 amide bonds. The van der Waals surface area contributed by atoms with Crippen molar-refractivity contribution in [2.24, 2.45) is 0 Å². The van der Waals surface area contributed by atoms with E-state index in [1.54, 1.807) is 0 Å². The van der Waals surface area contributed by atoms with Crippen LogP contribution in [-0.2, 0) is 4.74 Å². The first-order valence-corrected chi connectivity index (χ1v) is 6.88. The Morgan fingerprint density at radius 3 is 2.84 bits per heavy atom. The molecule has 0 spiro atoms. The Bertz CT molecular complexity index is 432. The van der Waals surface area contributed by atoms with Crippen molar-refractivity contribution in [2.45, 2.75) is 38.8 Å². The zero-order valence-corrected chi connectivity index (χ0v) is 12.2. The quantitative estimate of drug-likeness (QED) is 0.824. The number of hydrogen-bond donors (Lipinski definition) is 0. The molecule has 2 heterocycles. The minimum atomic E-state index is 0.148. The van der Waals surface area contributed by atoms with E-state index in [0.717, 1.165) is 19.4 Å². The molecular weight excluding hydrogens is 268 g/mol. The van der Waals surface area contributed by atoms with Crippen molar-refractivity contribution in [3.8, 4) is 6.01 Å². The highest BCUT2D eigenvalue weighted by molar-refractivity contribution is 6.28. The molecule has 1 aromatic rings. The van der Waals surface area contributed by atoms with Crippen molar-refractivity contribution in [1.82, 2.24) is 15.0 Å². The maximum atomic E-state index is 5.92. The summed E-state index contributed by atoms with van der Waals surface area (Å²) in [6.45, 7) is 5.39. The van der Waals surface area contributed by atoms with Gasteiger partial charge >= 0.3 is 6.01 Å². The lowest BCUT2D eigenvalue weighted by molar-refractivity contribution is 0.118. The molecule has 1 aliphatic heterocycles. The average Bonchev–Trinajstić information content (AvgIpc) is 2.81. The van der Waals surface area contributed by atoms with Crippen LogP contribution in [-0.4, -0.2) is 47.4 Å². The van der Waals surface area contributed by atoms with Crippen molar-refractivity contribution in [2.75, 3.05) is 25.2 Å². The van der Waals surface area contributed by atoms with Crippen LogP contribution in [0.3, 0.4) is 0 Å². The minimum Gasteiger partial charge on any atom is -0.463 e. The van der Waals surface area contributed by atoms with Crippen molar-refractivity contribution >= 4 is 17.5 Å². The highest BCUT2D eigenvalue weighted by Gasteiger charge is 2.29. The Labute approximate surface area is 118 Å². The summed E-state index contributed by atoms with van der Waals surface area (Å²) >= 11 is 5.92. The van der Waals surface area contributed by atoms with Crippen LogP contribution < -0.4 is 9.64 Å². The molecule has 0 bridgehead atoms. The van der Waals surface area contributed by atoms with E-state index in [2.05, 4.69) is 15.0 Å². The number of aromatic nitrogens is 3. The van der Waals surface area contributed by atoms with E-state index in [-0.39, 0.29) is 23.4 Å². The highest BCUT2D eigenvalue weighted by Crippen LogP contribution is 2.23. The van der Waals surface area contributed by atoms with Crippen molar-refractivity contribution < 1.29 is 9.47 Å². The monoisotopic (exact) mass is 286 g/mol. The maximum absolute atomic E-state index is 5.92. The summed E-state index contributed by atoms with van der Waals surface area (Å²) in [7, 11) is 1.94. The Morgan fingerprint density at radius 2 is 2.21 bits per heavy atom. The zero-order chi connectivity index (χ0) is 13.8. The highest BCUT2D eigenvalue weighted by atomic mass is 35.5. The minimum absolute atomic E-state index is 0.148. The fourth-order valence-corrected chi connectivity index (χ4v) is 2.26. The van der Waals surface area contributed by atoms with Gasteiger partial charge in [-0.2, -0.15) is 15.0 Å². The van der Waals surface area contributed by atoms with E-state index in [1.165, 1.54) is 0 Å². The maximum Gasteiger partial charge on any atom is 0.322 e. The largest absolute Gasteiger partial charge is 0.463 e. The predicted octanol–water partition coefficient (Wildman–Crippen LogP) is 1.93. The van der Waals surface area contributed by atoms with E-state index >= 15 is 0 Å². The van der Waals surface area contributed by atoms with Crippen LogP contribution in [0.25, 0.3) is 0 Å². The second kappa shape index (κ2) is 6.34. The molecule has 0 saturated carbocycles. The Balaban J connectivity index is 2.16. The molecule has 2 unspecified atom stereocenters. The molecule has 19 heavy (non-hydrogen) atoms. The zero-order valence-electron chi connectivity index (χ0n) is 11.5. The lowest BCUT2D eigenvalue weighted by Gasteiger charge is -2.26. The molecule has 6 nitrogen and oxygen atoms in total. The van der Waals surface area contributed by atoms with E-state index in [9.17, 15) is 0 Å². The number of anilines is 1. The van der Waals surface area contributed by atoms with E-state index < -0.39 is 0 Å². The molecule has 106 valence electrons. The molecule has 1 saturated heterocycles. The standard InChI is InChI=1S/C12H19ClN4O2/c1-4-6-19-12-15-10(13)14-11(16-12)17(3)9-5-7-18-8(9)2/h8-9H,4-7H2,1-3H3. The smallest absolute Gasteiger partial charge is 0.322 e. The summed E-state index contributed by atoms with van der Waals surface area (Å²) < 4.78 is 11.0. The number of halogens is 1. The Hall–Kier alpha value is -1.14. The van der Waals surface area contributed by atoms with Gasteiger partial charge in [-0.3, -0.25) is 0 Å². The van der Waals surface area contributed by atoms with Gasteiger partial charge in [0.15, 0.2) is 0 Å². The molecule has 7 heteroatoms. The fourth-order valence-electron chi connectivity index (χ4n) is 2.11. The molecule has 0 N–H and O–H groups in total. The van der Waals surface area contributed by atoms with Gasteiger partial charge in [0.1, 0.15) is 0 Å². The molecule has 2 atom stereocenters. The molecule has 0 aliphatic carbocycles. The van der Waals surface area contributed by atoms with E-state index in [0.29, 0.717) is 12.6 Å². The second-order valence-electron chi connectivity index (χ2n) is 4.58.